The zero-order chi connectivity index (χ0) is 20.9. The highest BCUT2D eigenvalue weighted by atomic mass is 19.4. The van der Waals surface area contributed by atoms with Crippen LogP contribution in [0.2, 0.25) is 0 Å². The average molecular weight is 410 g/mol. The van der Waals surface area contributed by atoms with Crippen LogP contribution in [0.3, 0.4) is 0 Å². The van der Waals surface area contributed by atoms with Gasteiger partial charge >= 0.3 is 12.8 Å². The lowest BCUT2D eigenvalue weighted by Gasteiger charge is -2.13. The van der Waals surface area contributed by atoms with Crippen LogP contribution in [0.1, 0.15) is 5.69 Å². The Kier molecular flexibility index (Phi) is 4.25. The predicted octanol–water partition coefficient (Wildman–Crippen LogP) is 3.89. The van der Waals surface area contributed by atoms with Gasteiger partial charge in [-0.1, -0.05) is 0 Å². The van der Waals surface area contributed by atoms with Gasteiger partial charge in [0, 0.05) is 24.0 Å². The molecule has 0 aliphatic carbocycles. The molecule has 150 valence electrons. The highest BCUT2D eigenvalue weighted by Crippen LogP contribution is 2.31. The van der Waals surface area contributed by atoms with Gasteiger partial charge in [-0.15, -0.1) is 0 Å². The summed E-state index contributed by atoms with van der Waals surface area (Å²) in [7, 11) is 1.57. The van der Waals surface area contributed by atoms with Gasteiger partial charge in [-0.05, 0) is 36.4 Å². The van der Waals surface area contributed by atoms with Gasteiger partial charge < -0.3 is 4.74 Å². The summed E-state index contributed by atoms with van der Waals surface area (Å²) in [6, 6.07) is 6.94. The van der Waals surface area contributed by atoms with E-state index in [1.54, 1.807) is 7.05 Å². The molecule has 0 amide bonds. The fourth-order valence-electron chi connectivity index (χ4n) is 3.05. The van der Waals surface area contributed by atoms with E-state index in [0.29, 0.717) is 5.39 Å². The van der Waals surface area contributed by atoms with Crippen molar-refractivity contribution in [1.82, 2.24) is 19.3 Å². The van der Waals surface area contributed by atoms with E-state index in [0.717, 1.165) is 10.6 Å². The molecule has 3 aromatic heterocycles. The number of hydrogen-bond acceptors (Lipinski definition) is 4. The van der Waals surface area contributed by atoms with Crippen LogP contribution in [0, 0.1) is 0 Å². The van der Waals surface area contributed by atoms with Gasteiger partial charge in [0.25, 0.3) is 5.56 Å². The van der Waals surface area contributed by atoms with Crippen LogP contribution < -0.4 is 10.3 Å². The van der Waals surface area contributed by atoms with Crippen LogP contribution in [0.25, 0.3) is 27.6 Å². The largest absolute Gasteiger partial charge is 0.435 e. The predicted molar refractivity (Wildman–Crippen MR) is 93.2 cm³/mol. The maximum Gasteiger partial charge on any atom is 0.433 e. The minimum absolute atomic E-state index is 0.0365. The third kappa shape index (κ3) is 3.28. The SMILES string of the molecule is Cn1cc2c(n1)c(=O)n(-c1ccc(OC(F)F)cc1)c1nc(C(F)(F)F)ccc21. The molecule has 0 spiro atoms. The van der Waals surface area contributed by atoms with E-state index in [1.165, 1.54) is 41.2 Å². The maximum atomic E-state index is 13.2. The van der Waals surface area contributed by atoms with E-state index in [4.69, 9.17) is 0 Å². The third-order valence-electron chi connectivity index (χ3n) is 4.22. The molecule has 0 fully saturated rings. The quantitative estimate of drug-likeness (QED) is 0.481. The monoisotopic (exact) mass is 410 g/mol. The van der Waals surface area contributed by atoms with E-state index >= 15 is 0 Å². The number of aryl methyl sites for hydroxylation is 1. The van der Waals surface area contributed by atoms with Crippen LogP contribution in [0.5, 0.6) is 5.75 Å². The summed E-state index contributed by atoms with van der Waals surface area (Å²) in [5.74, 6) is -0.163. The molecule has 0 unspecified atom stereocenters. The van der Waals surface area contributed by atoms with Crippen LogP contribution in [0.4, 0.5) is 22.0 Å². The molecule has 0 aliphatic rings. The molecular weight excluding hydrogens is 399 g/mol. The second kappa shape index (κ2) is 6.54. The van der Waals surface area contributed by atoms with E-state index < -0.39 is 24.0 Å². The maximum absolute atomic E-state index is 13.2. The number of ether oxygens (including phenoxy) is 1. The van der Waals surface area contributed by atoms with Crippen molar-refractivity contribution >= 4 is 21.9 Å². The van der Waals surface area contributed by atoms with Crippen LogP contribution >= 0.6 is 0 Å². The number of benzene rings is 1. The van der Waals surface area contributed by atoms with Crippen molar-refractivity contribution in [2.24, 2.45) is 7.05 Å². The second-order valence-electron chi connectivity index (χ2n) is 6.14. The number of pyridine rings is 2. The van der Waals surface area contributed by atoms with Crippen molar-refractivity contribution in [1.29, 1.82) is 0 Å². The van der Waals surface area contributed by atoms with Crippen molar-refractivity contribution in [3.63, 3.8) is 0 Å². The summed E-state index contributed by atoms with van der Waals surface area (Å²) in [5.41, 5.74) is -1.93. The molecule has 29 heavy (non-hydrogen) atoms. The van der Waals surface area contributed by atoms with Gasteiger partial charge in [-0.2, -0.15) is 27.1 Å². The van der Waals surface area contributed by atoms with Gasteiger partial charge in [0.2, 0.25) is 0 Å². The lowest BCUT2D eigenvalue weighted by Crippen LogP contribution is -2.21. The molecule has 0 bridgehead atoms. The molecule has 6 nitrogen and oxygen atoms in total. The molecule has 0 N–H and O–H groups in total. The zero-order valence-corrected chi connectivity index (χ0v) is 14.6. The van der Waals surface area contributed by atoms with Gasteiger partial charge in [0.1, 0.15) is 17.1 Å². The molecule has 4 rings (SSSR count). The molecule has 0 saturated carbocycles. The Bertz CT molecular complexity index is 1280. The lowest BCUT2D eigenvalue weighted by molar-refractivity contribution is -0.141. The molecule has 1 aromatic carbocycles. The van der Waals surface area contributed by atoms with Crippen molar-refractivity contribution in [3.05, 3.63) is 58.6 Å². The Labute approximate surface area is 158 Å². The van der Waals surface area contributed by atoms with Crippen molar-refractivity contribution < 1.29 is 26.7 Å². The Hall–Kier alpha value is -3.50. The number of fused-ring (bicyclic) bond motifs is 3. The summed E-state index contributed by atoms with van der Waals surface area (Å²) in [6.45, 7) is -3.04. The first-order valence-electron chi connectivity index (χ1n) is 8.17. The normalized spacial score (nSPS) is 12.2. The minimum Gasteiger partial charge on any atom is -0.435 e. The summed E-state index contributed by atoms with van der Waals surface area (Å²) in [4.78, 5) is 16.7. The average Bonchev–Trinajstić information content (AvgIpc) is 3.04. The first-order valence-corrected chi connectivity index (χ1v) is 8.17. The van der Waals surface area contributed by atoms with E-state index in [9.17, 15) is 26.7 Å². The number of aromatic nitrogens is 4. The first kappa shape index (κ1) is 18.8. The van der Waals surface area contributed by atoms with Crippen LogP contribution in [-0.4, -0.2) is 25.9 Å². The molecule has 4 aromatic rings. The molecule has 0 radical (unpaired) electrons. The summed E-state index contributed by atoms with van der Waals surface area (Å²) in [6.07, 6.45) is -3.20. The van der Waals surface area contributed by atoms with Gasteiger partial charge in [0.15, 0.2) is 5.52 Å². The topological polar surface area (TPSA) is 61.9 Å². The number of hydrogen-bond donors (Lipinski definition) is 0. The van der Waals surface area contributed by atoms with Crippen LogP contribution in [-0.2, 0) is 13.2 Å². The van der Waals surface area contributed by atoms with Gasteiger partial charge in [0.05, 0.1) is 5.69 Å². The Morgan fingerprint density at radius 1 is 1.03 bits per heavy atom. The van der Waals surface area contributed by atoms with Gasteiger partial charge in [-0.3, -0.25) is 14.0 Å². The van der Waals surface area contributed by atoms with Crippen molar-refractivity contribution in [2.75, 3.05) is 0 Å². The standard InChI is InChI=1S/C18H11F5N4O2/c1-26-8-12-11-6-7-13(18(21,22)23)24-15(11)27(16(28)14(12)25-26)9-2-4-10(5-3-9)29-17(19)20/h2-8,17H,1H3. The second-order valence-corrected chi connectivity index (χ2v) is 6.14. The number of halogens is 5. The minimum atomic E-state index is -4.71. The highest BCUT2D eigenvalue weighted by Gasteiger charge is 2.33. The zero-order valence-electron chi connectivity index (χ0n) is 14.6. The van der Waals surface area contributed by atoms with Crippen LogP contribution in [0.15, 0.2) is 47.4 Å². The molecule has 3 heterocycles. The third-order valence-corrected chi connectivity index (χ3v) is 4.22. The van der Waals surface area contributed by atoms with Crippen molar-refractivity contribution in [2.45, 2.75) is 12.8 Å². The van der Waals surface area contributed by atoms with E-state index in [1.807, 2.05) is 0 Å². The Morgan fingerprint density at radius 3 is 2.34 bits per heavy atom. The number of nitrogens with zero attached hydrogens (tertiary/aromatic N) is 4. The Morgan fingerprint density at radius 2 is 1.72 bits per heavy atom. The number of rotatable bonds is 3. The fraction of sp³-hybridized carbons (Fsp3) is 0.167. The number of alkyl halides is 5. The van der Waals surface area contributed by atoms with Gasteiger partial charge in [-0.25, -0.2) is 4.98 Å². The lowest BCUT2D eigenvalue weighted by atomic mass is 10.1. The van der Waals surface area contributed by atoms with E-state index in [2.05, 4.69) is 14.8 Å². The highest BCUT2D eigenvalue weighted by molar-refractivity contribution is 6.03. The van der Waals surface area contributed by atoms with Crippen molar-refractivity contribution in [3.8, 4) is 11.4 Å². The molecule has 11 heteroatoms. The smallest absolute Gasteiger partial charge is 0.433 e. The summed E-state index contributed by atoms with van der Waals surface area (Å²) >= 11 is 0. The molecule has 0 atom stereocenters. The van der Waals surface area contributed by atoms with E-state index in [-0.39, 0.29) is 28.0 Å². The fourth-order valence-corrected chi connectivity index (χ4v) is 3.05. The summed E-state index contributed by atoms with van der Waals surface area (Å²) in [5, 5.41) is 4.72. The molecule has 0 saturated heterocycles. The Balaban J connectivity index is 2.04. The molecule has 0 aliphatic heterocycles. The molecular formula is C18H11F5N4O2. The first-order chi connectivity index (χ1) is 13.6. The summed E-state index contributed by atoms with van der Waals surface area (Å²) < 4.78 is 70.8.